The molecule has 6 heteroatoms. The summed E-state index contributed by atoms with van der Waals surface area (Å²) >= 11 is 0. The lowest BCUT2D eigenvalue weighted by molar-refractivity contribution is -0.121. The van der Waals surface area contributed by atoms with Gasteiger partial charge in [-0.3, -0.25) is 14.6 Å². The molecule has 0 saturated heterocycles. The number of nitrogens with one attached hydrogen (secondary N) is 1. The predicted molar refractivity (Wildman–Crippen MR) is 110 cm³/mol. The maximum atomic E-state index is 12.6. The summed E-state index contributed by atoms with van der Waals surface area (Å²) in [5.74, 6) is 0.230. The van der Waals surface area contributed by atoms with E-state index in [-0.39, 0.29) is 18.4 Å². The molecule has 0 saturated carbocycles. The van der Waals surface area contributed by atoms with Crippen molar-refractivity contribution in [3.05, 3.63) is 89.2 Å². The van der Waals surface area contributed by atoms with Crippen LogP contribution in [0.25, 0.3) is 0 Å². The van der Waals surface area contributed by atoms with Crippen molar-refractivity contribution in [2.75, 3.05) is 11.5 Å². The number of hydrogen-bond donors (Lipinski definition) is 1. The highest BCUT2D eigenvalue weighted by atomic mass is 16.5. The van der Waals surface area contributed by atoms with Gasteiger partial charge in [-0.2, -0.15) is 0 Å². The summed E-state index contributed by atoms with van der Waals surface area (Å²) < 4.78 is 5.55. The van der Waals surface area contributed by atoms with Crippen molar-refractivity contribution in [2.24, 2.45) is 0 Å². The van der Waals surface area contributed by atoms with Crippen LogP contribution in [0.15, 0.2) is 66.9 Å². The lowest BCUT2D eigenvalue weighted by Crippen LogP contribution is -2.38. The van der Waals surface area contributed by atoms with Crippen LogP contribution in [-0.4, -0.2) is 23.4 Å². The van der Waals surface area contributed by atoms with Gasteiger partial charge in [-0.15, -0.1) is 0 Å². The van der Waals surface area contributed by atoms with Crippen LogP contribution in [-0.2, 0) is 17.9 Å². The first-order valence-electron chi connectivity index (χ1n) is 9.41. The maximum Gasteiger partial charge on any atom is 0.265 e. The smallest absolute Gasteiger partial charge is 0.265 e. The van der Waals surface area contributed by atoms with Gasteiger partial charge in [0.25, 0.3) is 11.8 Å². The molecule has 146 valence electrons. The Morgan fingerprint density at radius 3 is 2.72 bits per heavy atom. The Morgan fingerprint density at radius 1 is 1.14 bits per heavy atom. The van der Waals surface area contributed by atoms with Crippen LogP contribution in [0.1, 0.15) is 27.2 Å². The SMILES string of the molecule is Cc1ccc(CN2C(=O)COc3ccc(C(=O)NCc4ccccn4)cc32)cc1. The van der Waals surface area contributed by atoms with Crippen LogP contribution < -0.4 is 15.0 Å². The summed E-state index contributed by atoms with van der Waals surface area (Å²) in [6.45, 7) is 2.77. The van der Waals surface area contributed by atoms with Crippen LogP contribution in [0.2, 0.25) is 0 Å². The van der Waals surface area contributed by atoms with E-state index < -0.39 is 0 Å². The summed E-state index contributed by atoms with van der Waals surface area (Å²) in [6.07, 6.45) is 1.69. The molecular weight excluding hydrogens is 366 g/mol. The number of benzene rings is 2. The second-order valence-corrected chi connectivity index (χ2v) is 6.94. The molecule has 0 aliphatic carbocycles. The third kappa shape index (κ3) is 4.27. The molecule has 1 aromatic heterocycles. The van der Waals surface area contributed by atoms with Crippen molar-refractivity contribution in [1.29, 1.82) is 0 Å². The molecule has 2 heterocycles. The molecule has 0 radical (unpaired) electrons. The zero-order valence-electron chi connectivity index (χ0n) is 16.1. The number of carbonyl (C=O) groups excluding carboxylic acids is 2. The monoisotopic (exact) mass is 387 g/mol. The van der Waals surface area contributed by atoms with E-state index in [9.17, 15) is 9.59 Å². The summed E-state index contributed by atoms with van der Waals surface area (Å²) in [7, 11) is 0. The standard InChI is InChI=1S/C23H21N3O3/c1-16-5-7-17(8-6-16)14-26-20-12-18(9-10-21(20)29-15-22(26)27)23(28)25-13-19-4-2-3-11-24-19/h2-12H,13-15H2,1H3,(H,25,28). The third-order valence-electron chi connectivity index (χ3n) is 4.78. The van der Waals surface area contributed by atoms with E-state index >= 15 is 0 Å². The Hall–Kier alpha value is -3.67. The second-order valence-electron chi connectivity index (χ2n) is 6.94. The van der Waals surface area contributed by atoms with Crippen molar-refractivity contribution < 1.29 is 14.3 Å². The van der Waals surface area contributed by atoms with Crippen LogP contribution in [0.3, 0.4) is 0 Å². The average molecular weight is 387 g/mol. The number of carbonyl (C=O) groups is 2. The molecule has 1 aliphatic heterocycles. The zero-order chi connectivity index (χ0) is 20.2. The van der Waals surface area contributed by atoms with E-state index in [0.29, 0.717) is 30.1 Å². The second kappa shape index (κ2) is 8.14. The van der Waals surface area contributed by atoms with Crippen LogP contribution >= 0.6 is 0 Å². The number of aromatic nitrogens is 1. The van der Waals surface area contributed by atoms with Crippen molar-refractivity contribution >= 4 is 17.5 Å². The highest BCUT2D eigenvalue weighted by Crippen LogP contribution is 2.34. The first kappa shape index (κ1) is 18.7. The normalized spacial score (nSPS) is 12.9. The Balaban J connectivity index is 1.55. The average Bonchev–Trinajstić information content (AvgIpc) is 2.76. The van der Waals surface area contributed by atoms with Gasteiger partial charge in [0.05, 0.1) is 24.5 Å². The Labute approximate surface area is 169 Å². The summed E-state index contributed by atoms with van der Waals surface area (Å²) in [5, 5.41) is 2.86. The van der Waals surface area contributed by atoms with E-state index in [0.717, 1.165) is 16.8 Å². The van der Waals surface area contributed by atoms with Gasteiger partial charge in [0.2, 0.25) is 0 Å². The number of ether oxygens (including phenoxy) is 1. The molecule has 0 atom stereocenters. The summed E-state index contributed by atoms with van der Waals surface area (Å²) in [6, 6.07) is 18.7. The van der Waals surface area contributed by atoms with Gasteiger partial charge in [0.15, 0.2) is 6.61 Å². The van der Waals surface area contributed by atoms with Crippen molar-refractivity contribution in [3.8, 4) is 5.75 Å². The highest BCUT2D eigenvalue weighted by Gasteiger charge is 2.26. The van der Waals surface area contributed by atoms with Gasteiger partial charge in [0.1, 0.15) is 5.75 Å². The summed E-state index contributed by atoms with van der Waals surface area (Å²) in [4.78, 5) is 31.0. The van der Waals surface area contributed by atoms with Crippen LogP contribution in [0.4, 0.5) is 5.69 Å². The molecule has 0 unspecified atom stereocenters. The lowest BCUT2D eigenvalue weighted by Gasteiger charge is -2.30. The predicted octanol–water partition coefficient (Wildman–Crippen LogP) is 3.25. The number of aryl methyl sites for hydroxylation is 1. The lowest BCUT2D eigenvalue weighted by atomic mass is 10.1. The van der Waals surface area contributed by atoms with Gasteiger partial charge < -0.3 is 15.0 Å². The van der Waals surface area contributed by atoms with Gasteiger partial charge in [-0.25, -0.2) is 0 Å². The number of rotatable bonds is 5. The molecule has 1 aliphatic rings. The topological polar surface area (TPSA) is 71.5 Å². The Morgan fingerprint density at radius 2 is 1.97 bits per heavy atom. The van der Waals surface area contributed by atoms with Crippen molar-refractivity contribution in [1.82, 2.24) is 10.3 Å². The first-order valence-corrected chi connectivity index (χ1v) is 9.41. The molecule has 2 aromatic carbocycles. The molecule has 6 nitrogen and oxygen atoms in total. The van der Waals surface area contributed by atoms with E-state index in [2.05, 4.69) is 10.3 Å². The minimum atomic E-state index is -0.230. The molecule has 1 N–H and O–H groups in total. The van der Waals surface area contributed by atoms with E-state index in [1.54, 1.807) is 29.3 Å². The number of hydrogen-bond acceptors (Lipinski definition) is 4. The third-order valence-corrected chi connectivity index (χ3v) is 4.78. The molecule has 0 bridgehead atoms. The molecule has 0 spiro atoms. The molecule has 0 fully saturated rings. The van der Waals surface area contributed by atoms with E-state index in [1.807, 2.05) is 49.4 Å². The molecule has 3 aromatic rings. The summed E-state index contributed by atoms with van der Waals surface area (Å²) in [5.41, 5.74) is 4.02. The number of fused-ring (bicyclic) bond motifs is 1. The Kier molecular flexibility index (Phi) is 5.24. The van der Waals surface area contributed by atoms with Gasteiger partial charge in [-0.05, 0) is 42.8 Å². The molecule has 4 rings (SSSR count). The highest BCUT2D eigenvalue weighted by molar-refractivity contribution is 6.01. The van der Waals surface area contributed by atoms with E-state index in [1.165, 1.54) is 0 Å². The fourth-order valence-corrected chi connectivity index (χ4v) is 3.17. The van der Waals surface area contributed by atoms with E-state index in [4.69, 9.17) is 4.74 Å². The van der Waals surface area contributed by atoms with Gasteiger partial charge >= 0.3 is 0 Å². The van der Waals surface area contributed by atoms with Crippen LogP contribution in [0, 0.1) is 6.92 Å². The molecule has 2 amide bonds. The minimum absolute atomic E-state index is 0.00984. The number of anilines is 1. The molecule has 29 heavy (non-hydrogen) atoms. The fraction of sp³-hybridized carbons (Fsp3) is 0.174. The zero-order valence-corrected chi connectivity index (χ0v) is 16.1. The molecular formula is C23H21N3O3. The fourth-order valence-electron chi connectivity index (χ4n) is 3.17. The van der Waals surface area contributed by atoms with Crippen molar-refractivity contribution in [2.45, 2.75) is 20.0 Å². The van der Waals surface area contributed by atoms with Gasteiger partial charge in [0, 0.05) is 11.8 Å². The Bertz CT molecular complexity index is 1030. The number of pyridine rings is 1. The van der Waals surface area contributed by atoms with Crippen LogP contribution in [0.5, 0.6) is 5.75 Å². The minimum Gasteiger partial charge on any atom is -0.482 e. The number of amides is 2. The largest absolute Gasteiger partial charge is 0.482 e. The number of nitrogens with zero attached hydrogens (tertiary/aromatic N) is 2. The maximum absolute atomic E-state index is 12.6. The quantitative estimate of drug-likeness (QED) is 0.730. The first-order chi connectivity index (χ1) is 14.1. The van der Waals surface area contributed by atoms with Crippen molar-refractivity contribution in [3.63, 3.8) is 0 Å². The van der Waals surface area contributed by atoms with Gasteiger partial charge in [-0.1, -0.05) is 35.9 Å².